The molecule has 1 fully saturated rings. The zero-order chi connectivity index (χ0) is 13.8. The molecule has 0 aromatic heterocycles. The second-order valence-electron chi connectivity index (χ2n) is 5.32. The van der Waals surface area contributed by atoms with E-state index < -0.39 is 6.10 Å². The topological polar surface area (TPSA) is 69.6 Å². The highest BCUT2D eigenvalue weighted by Crippen LogP contribution is 2.20. The highest BCUT2D eigenvalue weighted by molar-refractivity contribution is 5.79. The smallest absolute Gasteiger partial charge is 0.224 e. The van der Waals surface area contributed by atoms with Gasteiger partial charge in [-0.05, 0) is 37.0 Å². The summed E-state index contributed by atoms with van der Waals surface area (Å²) in [4.78, 5) is 11.9. The molecule has 1 aromatic carbocycles. The third-order valence-electron chi connectivity index (χ3n) is 3.71. The minimum Gasteiger partial charge on any atom is -0.508 e. The Bertz CT molecular complexity index is 459. The van der Waals surface area contributed by atoms with Crippen LogP contribution in [0.2, 0.25) is 0 Å². The summed E-state index contributed by atoms with van der Waals surface area (Å²) < 4.78 is 0. The average molecular weight is 263 g/mol. The molecule has 1 amide bonds. The summed E-state index contributed by atoms with van der Waals surface area (Å²) in [6.45, 7) is 1.82. The van der Waals surface area contributed by atoms with Crippen molar-refractivity contribution < 1.29 is 15.0 Å². The number of aliphatic hydroxyl groups is 1. The van der Waals surface area contributed by atoms with E-state index in [2.05, 4.69) is 5.32 Å². The van der Waals surface area contributed by atoms with Gasteiger partial charge in [-0.1, -0.05) is 25.0 Å². The molecule has 104 valence electrons. The fourth-order valence-electron chi connectivity index (χ4n) is 2.49. The van der Waals surface area contributed by atoms with E-state index in [9.17, 15) is 15.0 Å². The lowest BCUT2D eigenvalue weighted by molar-refractivity contribution is -0.122. The quantitative estimate of drug-likeness (QED) is 0.777. The van der Waals surface area contributed by atoms with Crippen molar-refractivity contribution in [2.45, 2.75) is 51.2 Å². The lowest BCUT2D eigenvalue weighted by atomic mass is 9.92. The van der Waals surface area contributed by atoms with Crippen LogP contribution in [0.15, 0.2) is 18.2 Å². The number of carbonyl (C=O) groups is 1. The first-order valence-electron chi connectivity index (χ1n) is 6.82. The van der Waals surface area contributed by atoms with Crippen molar-refractivity contribution in [1.82, 2.24) is 5.32 Å². The van der Waals surface area contributed by atoms with E-state index >= 15 is 0 Å². The Morgan fingerprint density at radius 3 is 2.79 bits per heavy atom. The van der Waals surface area contributed by atoms with E-state index in [0.717, 1.165) is 36.8 Å². The number of aryl methyl sites for hydroxylation is 1. The van der Waals surface area contributed by atoms with E-state index in [1.807, 2.05) is 13.0 Å². The Labute approximate surface area is 113 Å². The van der Waals surface area contributed by atoms with E-state index in [0.29, 0.717) is 0 Å². The first kappa shape index (κ1) is 13.9. The molecule has 0 saturated heterocycles. The highest BCUT2D eigenvalue weighted by Gasteiger charge is 2.24. The predicted octanol–water partition coefficient (Wildman–Crippen LogP) is 1.66. The van der Waals surface area contributed by atoms with Gasteiger partial charge in [0.15, 0.2) is 0 Å². The van der Waals surface area contributed by atoms with Crippen LogP contribution in [0.1, 0.15) is 36.8 Å². The zero-order valence-corrected chi connectivity index (χ0v) is 11.2. The fourth-order valence-corrected chi connectivity index (χ4v) is 2.49. The van der Waals surface area contributed by atoms with Crippen molar-refractivity contribution in [1.29, 1.82) is 0 Å². The molecular formula is C15H21NO3. The minimum atomic E-state index is -0.427. The lowest BCUT2D eigenvalue weighted by Gasteiger charge is -2.28. The maximum Gasteiger partial charge on any atom is 0.224 e. The maximum atomic E-state index is 11.9. The van der Waals surface area contributed by atoms with Gasteiger partial charge in [-0.15, -0.1) is 0 Å². The van der Waals surface area contributed by atoms with Crippen molar-refractivity contribution in [2.75, 3.05) is 0 Å². The molecule has 0 radical (unpaired) electrons. The van der Waals surface area contributed by atoms with Gasteiger partial charge in [0.05, 0.1) is 18.6 Å². The Morgan fingerprint density at radius 2 is 2.11 bits per heavy atom. The van der Waals surface area contributed by atoms with Crippen LogP contribution in [-0.2, 0) is 11.2 Å². The number of hydrogen-bond donors (Lipinski definition) is 3. The number of aromatic hydroxyl groups is 1. The Hall–Kier alpha value is -1.55. The third kappa shape index (κ3) is 3.70. The molecule has 0 heterocycles. The van der Waals surface area contributed by atoms with Crippen LogP contribution in [0, 0.1) is 6.92 Å². The molecule has 2 rings (SSSR count). The van der Waals surface area contributed by atoms with Gasteiger partial charge < -0.3 is 15.5 Å². The number of phenolic OH excluding ortho intramolecular Hbond substituents is 1. The monoisotopic (exact) mass is 263 g/mol. The van der Waals surface area contributed by atoms with E-state index in [1.54, 1.807) is 12.1 Å². The van der Waals surface area contributed by atoms with Crippen molar-refractivity contribution in [2.24, 2.45) is 0 Å². The first-order chi connectivity index (χ1) is 9.06. The van der Waals surface area contributed by atoms with Crippen LogP contribution in [-0.4, -0.2) is 28.3 Å². The number of carbonyl (C=O) groups excluding carboxylic acids is 1. The normalized spacial score (nSPS) is 23.1. The number of aliphatic hydroxyl groups excluding tert-OH is 1. The average Bonchev–Trinajstić information content (AvgIpc) is 2.37. The molecule has 4 nitrogen and oxygen atoms in total. The van der Waals surface area contributed by atoms with Gasteiger partial charge in [0.2, 0.25) is 5.91 Å². The predicted molar refractivity (Wildman–Crippen MR) is 73.0 cm³/mol. The number of benzene rings is 1. The molecule has 1 aliphatic rings. The lowest BCUT2D eigenvalue weighted by Crippen LogP contribution is -2.45. The van der Waals surface area contributed by atoms with Crippen LogP contribution in [0.5, 0.6) is 5.75 Å². The molecule has 0 bridgehead atoms. The zero-order valence-electron chi connectivity index (χ0n) is 11.2. The third-order valence-corrected chi connectivity index (χ3v) is 3.71. The number of amides is 1. The maximum absolute atomic E-state index is 11.9. The molecule has 2 unspecified atom stereocenters. The molecule has 19 heavy (non-hydrogen) atoms. The summed E-state index contributed by atoms with van der Waals surface area (Å²) in [6, 6.07) is 5.13. The van der Waals surface area contributed by atoms with Crippen LogP contribution >= 0.6 is 0 Å². The summed E-state index contributed by atoms with van der Waals surface area (Å²) >= 11 is 0. The van der Waals surface area contributed by atoms with Crippen molar-refractivity contribution in [3.63, 3.8) is 0 Å². The van der Waals surface area contributed by atoms with Crippen molar-refractivity contribution >= 4 is 5.91 Å². The number of phenols is 1. The molecule has 3 N–H and O–H groups in total. The summed E-state index contributed by atoms with van der Waals surface area (Å²) in [5.41, 5.74) is 1.58. The molecular weight excluding hydrogens is 242 g/mol. The molecule has 0 aliphatic heterocycles. The van der Waals surface area contributed by atoms with E-state index in [-0.39, 0.29) is 24.1 Å². The molecule has 2 atom stereocenters. The van der Waals surface area contributed by atoms with Gasteiger partial charge in [-0.2, -0.15) is 0 Å². The number of rotatable bonds is 3. The number of hydrogen-bond acceptors (Lipinski definition) is 3. The Kier molecular flexibility index (Phi) is 4.43. The van der Waals surface area contributed by atoms with E-state index in [4.69, 9.17) is 0 Å². The summed E-state index contributed by atoms with van der Waals surface area (Å²) in [5, 5.41) is 22.3. The van der Waals surface area contributed by atoms with Gasteiger partial charge >= 0.3 is 0 Å². The Balaban J connectivity index is 1.91. The minimum absolute atomic E-state index is 0.103. The SMILES string of the molecule is Cc1ccc(CC(=O)NC2CCCCC2O)cc1O. The molecule has 0 spiro atoms. The van der Waals surface area contributed by atoms with Crippen molar-refractivity contribution in [3.8, 4) is 5.75 Å². The van der Waals surface area contributed by atoms with Crippen molar-refractivity contribution in [3.05, 3.63) is 29.3 Å². The van der Waals surface area contributed by atoms with Gasteiger partial charge in [-0.25, -0.2) is 0 Å². The number of nitrogens with one attached hydrogen (secondary N) is 1. The summed E-state index contributed by atoms with van der Waals surface area (Å²) in [7, 11) is 0. The summed E-state index contributed by atoms with van der Waals surface area (Å²) in [6.07, 6.45) is 3.48. The second kappa shape index (κ2) is 6.06. The van der Waals surface area contributed by atoms with Crippen LogP contribution in [0.25, 0.3) is 0 Å². The first-order valence-corrected chi connectivity index (χ1v) is 6.82. The fraction of sp³-hybridized carbons (Fsp3) is 0.533. The van der Waals surface area contributed by atoms with Crippen LogP contribution < -0.4 is 5.32 Å². The van der Waals surface area contributed by atoms with E-state index in [1.165, 1.54) is 0 Å². The largest absolute Gasteiger partial charge is 0.508 e. The molecule has 1 aliphatic carbocycles. The molecule has 4 heteroatoms. The van der Waals surface area contributed by atoms with Gasteiger partial charge in [0.25, 0.3) is 0 Å². The second-order valence-corrected chi connectivity index (χ2v) is 5.32. The highest BCUT2D eigenvalue weighted by atomic mass is 16.3. The van der Waals surface area contributed by atoms with Gasteiger partial charge in [0, 0.05) is 0 Å². The van der Waals surface area contributed by atoms with Gasteiger partial charge in [-0.3, -0.25) is 4.79 Å². The summed E-state index contributed by atoms with van der Waals surface area (Å²) in [5.74, 6) is 0.109. The standard InChI is InChI=1S/C15H21NO3/c1-10-6-7-11(8-14(10)18)9-15(19)16-12-4-2-3-5-13(12)17/h6-8,12-13,17-18H,2-5,9H2,1H3,(H,16,19). The molecule has 1 aromatic rings. The van der Waals surface area contributed by atoms with Gasteiger partial charge in [0.1, 0.15) is 5.75 Å². The Morgan fingerprint density at radius 1 is 1.37 bits per heavy atom. The van der Waals surface area contributed by atoms with Crippen LogP contribution in [0.3, 0.4) is 0 Å². The van der Waals surface area contributed by atoms with Crippen LogP contribution in [0.4, 0.5) is 0 Å². The molecule has 1 saturated carbocycles.